The Balaban J connectivity index is 1.45. The Kier molecular flexibility index (Phi) is 8.36. The number of nitriles is 1. The predicted molar refractivity (Wildman–Crippen MR) is 136 cm³/mol. The maximum absolute atomic E-state index is 13.6. The van der Waals surface area contributed by atoms with Crippen LogP contribution in [0, 0.1) is 17.2 Å². The molecule has 3 heterocycles. The molecule has 1 atom stereocenters. The summed E-state index contributed by atoms with van der Waals surface area (Å²) >= 11 is 0. The topological polar surface area (TPSA) is 97.2 Å². The number of nitrogens with zero attached hydrogens (tertiary/aromatic N) is 5. The summed E-state index contributed by atoms with van der Waals surface area (Å²) in [7, 11) is 0. The van der Waals surface area contributed by atoms with E-state index in [4.69, 9.17) is 0 Å². The van der Waals surface area contributed by atoms with Gasteiger partial charge in [-0.1, -0.05) is 6.92 Å². The van der Waals surface area contributed by atoms with Gasteiger partial charge in [-0.05, 0) is 55.9 Å². The first-order valence-corrected chi connectivity index (χ1v) is 12.8. The van der Waals surface area contributed by atoms with E-state index in [1.165, 1.54) is 0 Å². The maximum atomic E-state index is 13.6. The van der Waals surface area contributed by atoms with Crippen molar-refractivity contribution in [2.75, 3.05) is 48.3 Å². The van der Waals surface area contributed by atoms with Gasteiger partial charge in [0, 0.05) is 56.7 Å². The van der Waals surface area contributed by atoms with Crippen LogP contribution in [0.15, 0.2) is 24.4 Å². The van der Waals surface area contributed by atoms with Crippen LogP contribution < -0.4 is 15.5 Å². The molecular formula is C26H32F3N7O. The van der Waals surface area contributed by atoms with E-state index >= 15 is 0 Å². The Bertz CT molecular complexity index is 1150. The molecule has 2 aliphatic heterocycles. The van der Waals surface area contributed by atoms with Gasteiger partial charge in [0.1, 0.15) is 11.4 Å². The molecule has 198 valence electrons. The number of aromatic nitrogens is 2. The Morgan fingerprint density at radius 2 is 2.08 bits per heavy atom. The fourth-order valence-electron chi connectivity index (χ4n) is 4.77. The minimum absolute atomic E-state index is 0.0229. The number of hydrogen-bond acceptors (Lipinski definition) is 7. The minimum atomic E-state index is -4.60. The molecule has 2 fully saturated rings. The summed E-state index contributed by atoms with van der Waals surface area (Å²) in [5, 5.41) is 15.1. The lowest BCUT2D eigenvalue weighted by Gasteiger charge is -2.26. The highest BCUT2D eigenvalue weighted by molar-refractivity contribution is 5.76. The number of anilines is 4. The molecule has 11 heteroatoms. The van der Waals surface area contributed by atoms with Gasteiger partial charge in [-0.15, -0.1) is 0 Å². The van der Waals surface area contributed by atoms with E-state index in [0.717, 1.165) is 48.9 Å². The van der Waals surface area contributed by atoms with Gasteiger partial charge in [0.25, 0.3) is 0 Å². The average molecular weight is 516 g/mol. The van der Waals surface area contributed by atoms with Gasteiger partial charge in [-0.3, -0.25) is 4.79 Å². The number of likely N-dealkylation sites (tertiary alicyclic amines) is 1. The molecule has 4 rings (SSSR count). The third-order valence-electron chi connectivity index (χ3n) is 6.86. The van der Waals surface area contributed by atoms with Crippen molar-refractivity contribution in [3.8, 4) is 6.07 Å². The van der Waals surface area contributed by atoms with E-state index < -0.39 is 11.7 Å². The summed E-state index contributed by atoms with van der Waals surface area (Å²) in [5.74, 6) is -0.100. The fourth-order valence-corrected chi connectivity index (χ4v) is 4.77. The highest BCUT2D eigenvalue weighted by Gasteiger charge is 2.35. The van der Waals surface area contributed by atoms with Crippen LogP contribution in [-0.2, 0) is 17.4 Å². The number of amides is 1. The van der Waals surface area contributed by atoms with E-state index in [2.05, 4.69) is 31.6 Å². The van der Waals surface area contributed by atoms with Crippen LogP contribution in [0.5, 0.6) is 0 Å². The van der Waals surface area contributed by atoms with E-state index in [9.17, 15) is 23.2 Å². The molecule has 1 amide bonds. The predicted octanol–water partition coefficient (Wildman–Crippen LogP) is 4.97. The van der Waals surface area contributed by atoms with Gasteiger partial charge >= 0.3 is 6.18 Å². The van der Waals surface area contributed by atoms with E-state index in [1.54, 1.807) is 4.90 Å². The first-order chi connectivity index (χ1) is 17.8. The second kappa shape index (κ2) is 11.7. The quantitative estimate of drug-likeness (QED) is 0.456. The molecule has 2 saturated heterocycles. The van der Waals surface area contributed by atoms with Gasteiger partial charge in [0.15, 0.2) is 0 Å². The van der Waals surface area contributed by atoms with Crippen molar-refractivity contribution in [2.45, 2.75) is 51.6 Å². The van der Waals surface area contributed by atoms with Crippen LogP contribution in [0.3, 0.4) is 0 Å². The van der Waals surface area contributed by atoms with Gasteiger partial charge in [0.2, 0.25) is 11.9 Å². The smallest absolute Gasteiger partial charge is 0.370 e. The molecule has 37 heavy (non-hydrogen) atoms. The monoisotopic (exact) mass is 515 g/mol. The number of alkyl halides is 3. The van der Waals surface area contributed by atoms with Crippen molar-refractivity contribution in [2.24, 2.45) is 5.92 Å². The van der Waals surface area contributed by atoms with Crippen molar-refractivity contribution in [3.63, 3.8) is 0 Å². The third-order valence-corrected chi connectivity index (χ3v) is 6.86. The summed E-state index contributed by atoms with van der Waals surface area (Å²) in [6.07, 6.45) is 0.619. The molecule has 0 bridgehead atoms. The van der Waals surface area contributed by atoms with Crippen molar-refractivity contribution < 1.29 is 18.0 Å². The molecular weight excluding hydrogens is 483 g/mol. The molecule has 2 N–H and O–H groups in total. The number of carbonyl (C=O) groups is 1. The van der Waals surface area contributed by atoms with Crippen molar-refractivity contribution in [1.82, 2.24) is 14.9 Å². The molecule has 2 aliphatic rings. The number of rotatable bonds is 9. The number of aryl methyl sites for hydroxylation is 1. The highest BCUT2D eigenvalue weighted by atomic mass is 19.4. The number of piperidine rings is 1. The van der Waals surface area contributed by atoms with Gasteiger partial charge < -0.3 is 20.4 Å². The first-order valence-electron chi connectivity index (χ1n) is 12.8. The second-order valence-electron chi connectivity index (χ2n) is 9.45. The van der Waals surface area contributed by atoms with E-state index in [1.807, 2.05) is 25.1 Å². The summed E-state index contributed by atoms with van der Waals surface area (Å²) in [6.45, 7) is 4.95. The summed E-state index contributed by atoms with van der Waals surface area (Å²) in [5.41, 5.74) is 1.78. The normalized spacial score (nSPS) is 18.1. The molecule has 2 aromatic rings. The van der Waals surface area contributed by atoms with Crippen LogP contribution >= 0.6 is 0 Å². The molecule has 1 aromatic carbocycles. The molecule has 8 nitrogen and oxygen atoms in total. The second-order valence-corrected chi connectivity index (χ2v) is 9.45. The van der Waals surface area contributed by atoms with Crippen LogP contribution in [-0.4, -0.2) is 53.5 Å². The zero-order valence-electron chi connectivity index (χ0n) is 20.9. The van der Waals surface area contributed by atoms with Crippen molar-refractivity contribution in [1.29, 1.82) is 5.26 Å². The number of halogens is 3. The average Bonchev–Trinajstić information content (AvgIpc) is 3.37. The third kappa shape index (κ3) is 6.61. The Hall–Kier alpha value is -3.55. The Morgan fingerprint density at radius 1 is 1.24 bits per heavy atom. The lowest BCUT2D eigenvalue weighted by molar-refractivity contribution is -0.137. The van der Waals surface area contributed by atoms with Gasteiger partial charge in [0.05, 0.1) is 12.0 Å². The number of nitrogens with one attached hydrogen (secondary N) is 2. The van der Waals surface area contributed by atoms with E-state index in [0.29, 0.717) is 38.9 Å². The van der Waals surface area contributed by atoms with Gasteiger partial charge in [-0.25, -0.2) is 4.98 Å². The molecule has 0 aliphatic carbocycles. The lowest BCUT2D eigenvalue weighted by atomic mass is 10.1. The number of benzene rings is 1. The van der Waals surface area contributed by atoms with Crippen LogP contribution in [0.25, 0.3) is 0 Å². The highest BCUT2D eigenvalue weighted by Crippen LogP contribution is 2.35. The molecule has 1 aromatic heterocycles. The standard InChI is InChI=1S/C26H32F3N7O/c1-2-19-14-20(36-13-9-18(15-30)17-36)7-8-22(19)33-25-32-16-21(26(27,28)29)24(34-25)31-10-5-12-35-11-4-3-6-23(35)37/h7-8,14,16,18H,2-6,9-13,17H2,1H3,(H2,31,32,33,34)/t18-/m1/s1. The van der Waals surface area contributed by atoms with Crippen LogP contribution in [0.4, 0.5) is 36.3 Å². The van der Waals surface area contributed by atoms with Crippen molar-refractivity contribution >= 4 is 29.0 Å². The Labute approximate surface area is 214 Å². The number of carbonyl (C=O) groups excluding carboxylic acids is 1. The Morgan fingerprint density at radius 3 is 2.78 bits per heavy atom. The van der Waals surface area contributed by atoms with Crippen LogP contribution in [0.2, 0.25) is 0 Å². The molecule has 0 spiro atoms. The molecule has 0 saturated carbocycles. The summed E-state index contributed by atoms with van der Waals surface area (Å²) < 4.78 is 40.8. The lowest BCUT2D eigenvalue weighted by Crippen LogP contribution is -2.36. The molecule has 0 radical (unpaired) electrons. The fraction of sp³-hybridized carbons (Fsp3) is 0.538. The zero-order valence-corrected chi connectivity index (χ0v) is 20.9. The SMILES string of the molecule is CCc1cc(N2CC[C@H](C#N)C2)ccc1Nc1ncc(C(F)(F)F)c(NCCCN2CCCCC2=O)n1. The molecule has 0 unspecified atom stereocenters. The largest absolute Gasteiger partial charge is 0.421 e. The summed E-state index contributed by atoms with van der Waals surface area (Å²) in [4.78, 5) is 24.0. The number of hydrogen-bond donors (Lipinski definition) is 2. The summed E-state index contributed by atoms with van der Waals surface area (Å²) in [6, 6.07) is 8.16. The van der Waals surface area contributed by atoms with Crippen LogP contribution in [0.1, 0.15) is 50.2 Å². The van der Waals surface area contributed by atoms with E-state index in [-0.39, 0.29) is 30.1 Å². The van der Waals surface area contributed by atoms with Gasteiger partial charge in [-0.2, -0.15) is 23.4 Å². The zero-order chi connectivity index (χ0) is 26.4. The maximum Gasteiger partial charge on any atom is 0.421 e. The van der Waals surface area contributed by atoms with Crippen molar-refractivity contribution in [3.05, 3.63) is 35.5 Å². The minimum Gasteiger partial charge on any atom is -0.370 e. The first kappa shape index (κ1) is 26.5.